The maximum Gasteiger partial charge on any atom is 0.0693 e. The minimum Gasteiger partial charge on any atom is -0.392 e. The maximum atomic E-state index is 9.22. The van der Waals surface area contributed by atoms with Crippen LogP contribution in [0.4, 0.5) is 0 Å². The van der Waals surface area contributed by atoms with Crippen LogP contribution in [0.5, 0.6) is 0 Å². The van der Waals surface area contributed by atoms with E-state index in [1.807, 2.05) is 0 Å². The second kappa shape index (κ2) is 2.67. The van der Waals surface area contributed by atoms with Gasteiger partial charge in [-0.2, -0.15) is 0 Å². The zero-order valence-electron chi connectivity index (χ0n) is 5.88. The Morgan fingerprint density at radius 2 is 2.11 bits per heavy atom. The molecule has 0 aromatic heterocycles. The van der Waals surface area contributed by atoms with Crippen LogP contribution in [0.3, 0.4) is 0 Å². The van der Waals surface area contributed by atoms with Gasteiger partial charge in [0.1, 0.15) is 0 Å². The van der Waals surface area contributed by atoms with Crippen LogP contribution in [0.15, 0.2) is 0 Å². The molecule has 0 saturated heterocycles. The second-order valence-corrected chi connectivity index (χ2v) is 3.15. The van der Waals surface area contributed by atoms with Crippen molar-refractivity contribution >= 4 is 0 Å². The van der Waals surface area contributed by atoms with Gasteiger partial charge in [0.2, 0.25) is 0 Å². The monoisotopic (exact) mass is 129 g/mol. The molecule has 0 spiro atoms. The molecule has 3 N–H and O–H groups in total. The first-order valence-electron chi connectivity index (χ1n) is 3.64. The van der Waals surface area contributed by atoms with Crippen LogP contribution in [0.2, 0.25) is 0 Å². The van der Waals surface area contributed by atoms with Gasteiger partial charge in [0.25, 0.3) is 0 Å². The summed E-state index contributed by atoms with van der Waals surface area (Å²) in [7, 11) is 0. The van der Waals surface area contributed by atoms with Crippen molar-refractivity contribution in [2.24, 2.45) is 11.7 Å². The van der Waals surface area contributed by atoms with Gasteiger partial charge in [-0.15, -0.1) is 0 Å². The Kier molecular flexibility index (Phi) is 2.09. The largest absolute Gasteiger partial charge is 0.392 e. The van der Waals surface area contributed by atoms with Gasteiger partial charge < -0.3 is 10.8 Å². The minimum absolute atomic E-state index is 0.0428. The molecule has 2 nitrogen and oxygen atoms in total. The molecule has 0 aliphatic heterocycles. The van der Waals surface area contributed by atoms with E-state index < -0.39 is 0 Å². The third-order valence-electron chi connectivity index (χ3n) is 2.13. The molecule has 54 valence electrons. The third-order valence-corrected chi connectivity index (χ3v) is 2.13. The van der Waals surface area contributed by atoms with Crippen LogP contribution in [0.1, 0.15) is 26.2 Å². The first kappa shape index (κ1) is 7.03. The summed E-state index contributed by atoms with van der Waals surface area (Å²) < 4.78 is 0. The fraction of sp³-hybridized carbons (Fsp3) is 1.00. The topological polar surface area (TPSA) is 46.2 Å². The van der Waals surface area contributed by atoms with E-state index in [9.17, 15) is 5.11 Å². The number of nitrogens with two attached hydrogens (primary N) is 1. The van der Waals surface area contributed by atoms with E-state index in [1.165, 1.54) is 6.42 Å². The quantitative estimate of drug-likeness (QED) is 0.500. The minimum atomic E-state index is -0.242. The van der Waals surface area contributed by atoms with Gasteiger partial charge in [-0.05, 0) is 25.2 Å². The van der Waals surface area contributed by atoms with E-state index in [0.717, 1.165) is 12.8 Å². The standard InChI is InChI=1S/C7H15NO/c1-5-2-3-6(8)7(9)4-5/h5-7,9H,2-4,8H2,1H3/t5-,6?,7?/m0/s1. The Bertz CT molecular complexity index is 94.9. The molecule has 1 saturated carbocycles. The molecule has 0 bridgehead atoms. The molecule has 1 fully saturated rings. The lowest BCUT2D eigenvalue weighted by Crippen LogP contribution is -2.39. The average Bonchev–Trinajstić information content (AvgIpc) is 1.80. The van der Waals surface area contributed by atoms with Gasteiger partial charge in [-0.1, -0.05) is 6.92 Å². The summed E-state index contributed by atoms with van der Waals surface area (Å²) in [6, 6.07) is 0.0428. The van der Waals surface area contributed by atoms with E-state index in [-0.39, 0.29) is 12.1 Å². The van der Waals surface area contributed by atoms with Crippen LogP contribution in [-0.2, 0) is 0 Å². The third kappa shape index (κ3) is 1.66. The molecule has 0 aromatic carbocycles. The van der Waals surface area contributed by atoms with Gasteiger partial charge in [0.05, 0.1) is 6.10 Å². The summed E-state index contributed by atoms with van der Waals surface area (Å²) >= 11 is 0. The Balaban J connectivity index is 2.35. The molecule has 2 heteroatoms. The van der Waals surface area contributed by atoms with Gasteiger partial charge in [-0.25, -0.2) is 0 Å². The summed E-state index contributed by atoms with van der Waals surface area (Å²) in [5.74, 6) is 0.666. The highest BCUT2D eigenvalue weighted by molar-refractivity contribution is 4.79. The summed E-state index contributed by atoms with van der Waals surface area (Å²) in [4.78, 5) is 0. The Labute approximate surface area is 56.1 Å². The van der Waals surface area contributed by atoms with Crippen molar-refractivity contribution in [3.63, 3.8) is 0 Å². The zero-order chi connectivity index (χ0) is 6.85. The lowest BCUT2D eigenvalue weighted by Gasteiger charge is -2.28. The second-order valence-electron chi connectivity index (χ2n) is 3.15. The number of hydrogen-bond acceptors (Lipinski definition) is 2. The Hall–Kier alpha value is -0.0800. The molecule has 1 aliphatic carbocycles. The van der Waals surface area contributed by atoms with Crippen molar-refractivity contribution in [3.8, 4) is 0 Å². The van der Waals surface area contributed by atoms with Crippen molar-refractivity contribution in [2.45, 2.75) is 38.3 Å². The van der Waals surface area contributed by atoms with E-state index in [4.69, 9.17) is 5.73 Å². The predicted octanol–water partition coefficient (Wildman–Crippen LogP) is 0.495. The molecule has 0 radical (unpaired) electrons. The molecule has 0 amide bonds. The van der Waals surface area contributed by atoms with Crippen molar-refractivity contribution in [3.05, 3.63) is 0 Å². The highest BCUT2D eigenvalue weighted by atomic mass is 16.3. The van der Waals surface area contributed by atoms with Crippen molar-refractivity contribution in [1.82, 2.24) is 0 Å². The van der Waals surface area contributed by atoms with Gasteiger partial charge >= 0.3 is 0 Å². The van der Waals surface area contributed by atoms with Gasteiger partial charge in [0, 0.05) is 6.04 Å². The molecule has 2 unspecified atom stereocenters. The lowest BCUT2D eigenvalue weighted by molar-refractivity contribution is 0.0856. The van der Waals surface area contributed by atoms with Crippen molar-refractivity contribution in [1.29, 1.82) is 0 Å². The molecule has 0 heterocycles. The first-order chi connectivity index (χ1) is 4.20. The Morgan fingerprint density at radius 1 is 1.44 bits per heavy atom. The highest BCUT2D eigenvalue weighted by Gasteiger charge is 2.23. The Morgan fingerprint density at radius 3 is 2.56 bits per heavy atom. The van der Waals surface area contributed by atoms with Crippen LogP contribution in [0, 0.1) is 5.92 Å². The van der Waals surface area contributed by atoms with Gasteiger partial charge in [0.15, 0.2) is 0 Å². The molecule has 3 atom stereocenters. The van der Waals surface area contributed by atoms with E-state index >= 15 is 0 Å². The van der Waals surface area contributed by atoms with Crippen LogP contribution >= 0.6 is 0 Å². The summed E-state index contributed by atoms with van der Waals surface area (Å²) in [5, 5.41) is 9.22. The van der Waals surface area contributed by atoms with Crippen molar-refractivity contribution in [2.75, 3.05) is 0 Å². The molecule has 1 aliphatic rings. The highest BCUT2D eigenvalue weighted by Crippen LogP contribution is 2.22. The average molecular weight is 129 g/mol. The van der Waals surface area contributed by atoms with Crippen molar-refractivity contribution < 1.29 is 5.11 Å². The van der Waals surface area contributed by atoms with Crippen LogP contribution < -0.4 is 5.73 Å². The molecular weight excluding hydrogens is 114 g/mol. The summed E-state index contributed by atoms with van der Waals surface area (Å²) in [6.45, 7) is 2.16. The normalized spacial score (nSPS) is 45.0. The number of rotatable bonds is 0. The smallest absolute Gasteiger partial charge is 0.0693 e. The molecule has 9 heavy (non-hydrogen) atoms. The van der Waals surface area contributed by atoms with E-state index in [2.05, 4.69) is 6.92 Å². The van der Waals surface area contributed by atoms with E-state index in [1.54, 1.807) is 0 Å². The summed E-state index contributed by atoms with van der Waals surface area (Å²) in [5.41, 5.74) is 5.59. The lowest BCUT2D eigenvalue weighted by atomic mass is 9.86. The maximum absolute atomic E-state index is 9.22. The van der Waals surface area contributed by atoms with Crippen LogP contribution in [-0.4, -0.2) is 17.3 Å². The fourth-order valence-electron chi connectivity index (χ4n) is 1.37. The number of hydrogen-bond donors (Lipinski definition) is 2. The molecule has 0 aromatic rings. The predicted molar refractivity (Wildman–Crippen MR) is 37.0 cm³/mol. The van der Waals surface area contributed by atoms with Gasteiger partial charge in [-0.3, -0.25) is 0 Å². The van der Waals surface area contributed by atoms with E-state index in [0.29, 0.717) is 5.92 Å². The molecular formula is C7H15NO. The molecule has 1 rings (SSSR count). The SMILES string of the molecule is C[C@H]1CCC(N)C(O)C1. The number of aliphatic hydroxyl groups is 1. The first-order valence-corrected chi connectivity index (χ1v) is 3.64. The fourth-order valence-corrected chi connectivity index (χ4v) is 1.37. The zero-order valence-corrected chi connectivity index (χ0v) is 5.88. The number of aliphatic hydroxyl groups excluding tert-OH is 1. The van der Waals surface area contributed by atoms with Crippen LogP contribution in [0.25, 0.3) is 0 Å². The summed E-state index contributed by atoms with van der Waals surface area (Å²) in [6.07, 6.45) is 2.82.